The third-order valence-corrected chi connectivity index (χ3v) is 2.66. The van der Waals surface area contributed by atoms with Gasteiger partial charge in [0.2, 0.25) is 0 Å². The Bertz CT molecular complexity index is 142. The zero-order valence-electron chi connectivity index (χ0n) is 6.98. The van der Waals surface area contributed by atoms with E-state index in [-0.39, 0.29) is 5.41 Å². The van der Waals surface area contributed by atoms with Crippen molar-refractivity contribution in [3.05, 3.63) is 0 Å². The summed E-state index contributed by atoms with van der Waals surface area (Å²) in [4.78, 5) is 3.41. The largest absolute Gasteiger partial charge is 0.366 e. The first-order valence-corrected chi connectivity index (χ1v) is 4.22. The first-order valence-electron chi connectivity index (χ1n) is 3.81. The van der Waals surface area contributed by atoms with Crippen molar-refractivity contribution in [2.45, 2.75) is 27.2 Å². The van der Waals surface area contributed by atoms with E-state index in [1.807, 2.05) is 0 Å². The van der Waals surface area contributed by atoms with E-state index in [9.17, 15) is 0 Å². The third-order valence-electron chi connectivity index (χ3n) is 1.78. The zero-order chi connectivity index (χ0) is 7.78. The van der Waals surface area contributed by atoms with Gasteiger partial charge >= 0.3 is 0 Å². The summed E-state index contributed by atoms with van der Waals surface area (Å²) in [5.74, 6) is 0. The molecule has 2 heteroatoms. The van der Waals surface area contributed by atoms with Crippen LogP contribution in [0.25, 0.3) is 0 Å². The van der Waals surface area contributed by atoms with Gasteiger partial charge in [-0.3, -0.25) is 0 Å². The highest BCUT2D eigenvalue weighted by molar-refractivity contribution is 7.80. The highest BCUT2D eigenvalue weighted by Gasteiger charge is 2.26. The zero-order valence-corrected chi connectivity index (χ0v) is 7.79. The molecule has 0 aliphatic carbocycles. The van der Waals surface area contributed by atoms with Gasteiger partial charge in [0.25, 0.3) is 0 Å². The molecule has 0 unspecified atom stereocenters. The molecule has 0 spiro atoms. The maximum absolute atomic E-state index is 5.29. The Kier molecular flexibility index (Phi) is 1.99. The second-order valence-corrected chi connectivity index (χ2v) is 4.28. The summed E-state index contributed by atoms with van der Waals surface area (Å²) < 4.78 is 0. The van der Waals surface area contributed by atoms with E-state index < -0.39 is 0 Å². The van der Waals surface area contributed by atoms with Crippen molar-refractivity contribution in [1.82, 2.24) is 4.90 Å². The molecule has 0 radical (unpaired) electrons. The van der Waals surface area contributed by atoms with E-state index >= 15 is 0 Å². The standard InChI is InChI=1S/C8H15NS/c1-8(2,3)7(10)9-5-4-6-9/h4-6H2,1-3H3. The van der Waals surface area contributed by atoms with Crippen LogP contribution in [0, 0.1) is 5.41 Å². The molecule has 0 atom stereocenters. The molecule has 1 aliphatic heterocycles. The minimum atomic E-state index is 0.190. The van der Waals surface area contributed by atoms with Crippen LogP contribution >= 0.6 is 12.2 Å². The summed E-state index contributed by atoms with van der Waals surface area (Å²) in [5, 5.41) is 0. The van der Waals surface area contributed by atoms with Crippen molar-refractivity contribution in [2.24, 2.45) is 5.41 Å². The van der Waals surface area contributed by atoms with Gasteiger partial charge in [-0.1, -0.05) is 33.0 Å². The molecule has 58 valence electrons. The van der Waals surface area contributed by atoms with Crippen LogP contribution in [-0.2, 0) is 0 Å². The molecule has 1 saturated heterocycles. The van der Waals surface area contributed by atoms with Gasteiger partial charge in [0.1, 0.15) is 0 Å². The minimum absolute atomic E-state index is 0.190. The second-order valence-electron chi connectivity index (χ2n) is 3.90. The van der Waals surface area contributed by atoms with Crippen LogP contribution in [0.2, 0.25) is 0 Å². The maximum atomic E-state index is 5.29. The normalized spacial score (nSPS) is 18.5. The van der Waals surface area contributed by atoms with Gasteiger partial charge in [-0.15, -0.1) is 0 Å². The molecule has 1 nitrogen and oxygen atoms in total. The number of hydrogen-bond donors (Lipinski definition) is 0. The summed E-state index contributed by atoms with van der Waals surface area (Å²) in [7, 11) is 0. The van der Waals surface area contributed by atoms with E-state index in [1.165, 1.54) is 19.5 Å². The van der Waals surface area contributed by atoms with Crippen LogP contribution in [0.1, 0.15) is 27.2 Å². The Hall–Kier alpha value is -0.110. The van der Waals surface area contributed by atoms with Crippen LogP contribution in [0.5, 0.6) is 0 Å². The Balaban J connectivity index is 2.48. The van der Waals surface area contributed by atoms with Gasteiger partial charge in [-0.05, 0) is 6.42 Å². The Morgan fingerprint density at radius 1 is 1.30 bits per heavy atom. The molecule has 1 aliphatic rings. The SMILES string of the molecule is CC(C)(C)C(=S)N1CCC1. The fourth-order valence-electron chi connectivity index (χ4n) is 0.994. The molecule has 0 N–H and O–H groups in total. The number of likely N-dealkylation sites (tertiary alicyclic amines) is 1. The maximum Gasteiger partial charge on any atom is 0.0833 e. The quantitative estimate of drug-likeness (QED) is 0.495. The lowest BCUT2D eigenvalue weighted by Crippen LogP contribution is -2.46. The molecular weight excluding hydrogens is 142 g/mol. The lowest BCUT2D eigenvalue weighted by Gasteiger charge is -2.38. The number of rotatable bonds is 0. The number of nitrogens with zero attached hydrogens (tertiary/aromatic N) is 1. The van der Waals surface area contributed by atoms with Crippen molar-refractivity contribution < 1.29 is 0 Å². The molecular formula is C8H15NS. The van der Waals surface area contributed by atoms with Crippen molar-refractivity contribution in [2.75, 3.05) is 13.1 Å². The summed E-state index contributed by atoms with van der Waals surface area (Å²) in [6.07, 6.45) is 1.32. The first-order chi connectivity index (χ1) is 4.52. The molecule has 0 amide bonds. The summed E-state index contributed by atoms with van der Waals surface area (Å²) in [6, 6.07) is 0. The molecule has 0 saturated carbocycles. The smallest absolute Gasteiger partial charge is 0.0833 e. The molecule has 0 aromatic carbocycles. The molecule has 1 heterocycles. The average molecular weight is 157 g/mol. The third kappa shape index (κ3) is 1.48. The van der Waals surface area contributed by atoms with Gasteiger partial charge in [0.15, 0.2) is 0 Å². The van der Waals surface area contributed by atoms with Crippen LogP contribution in [0.3, 0.4) is 0 Å². The van der Waals surface area contributed by atoms with Gasteiger partial charge in [-0.25, -0.2) is 0 Å². The highest BCUT2D eigenvalue weighted by atomic mass is 32.1. The number of hydrogen-bond acceptors (Lipinski definition) is 1. The lowest BCUT2D eigenvalue weighted by molar-refractivity contribution is 0.279. The van der Waals surface area contributed by atoms with Crippen molar-refractivity contribution in [3.63, 3.8) is 0 Å². The molecule has 0 bridgehead atoms. The van der Waals surface area contributed by atoms with Crippen LogP contribution < -0.4 is 0 Å². The second kappa shape index (κ2) is 2.50. The fraction of sp³-hybridized carbons (Fsp3) is 0.875. The fourth-order valence-corrected chi connectivity index (χ4v) is 1.18. The van der Waals surface area contributed by atoms with E-state index in [1.54, 1.807) is 0 Å². The van der Waals surface area contributed by atoms with Gasteiger partial charge in [0.05, 0.1) is 4.99 Å². The van der Waals surface area contributed by atoms with Crippen LogP contribution in [-0.4, -0.2) is 23.0 Å². The summed E-state index contributed by atoms with van der Waals surface area (Å²) >= 11 is 5.29. The van der Waals surface area contributed by atoms with E-state index in [2.05, 4.69) is 25.7 Å². The molecule has 1 fully saturated rings. The molecule has 0 aromatic rings. The Labute approximate surface area is 68.4 Å². The van der Waals surface area contributed by atoms with Crippen LogP contribution in [0.4, 0.5) is 0 Å². The molecule has 0 aromatic heterocycles. The highest BCUT2D eigenvalue weighted by Crippen LogP contribution is 2.22. The van der Waals surface area contributed by atoms with E-state index in [0.29, 0.717) is 0 Å². The summed E-state index contributed by atoms with van der Waals surface area (Å²) in [5.41, 5.74) is 0.190. The first kappa shape index (κ1) is 7.99. The Morgan fingerprint density at radius 3 is 1.90 bits per heavy atom. The topological polar surface area (TPSA) is 3.24 Å². The van der Waals surface area contributed by atoms with Crippen molar-refractivity contribution in [1.29, 1.82) is 0 Å². The van der Waals surface area contributed by atoms with E-state index in [4.69, 9.17) is 12.2 Å². The Morgan fingerprint density at radius 2 is 1.80 bits per heavy atom. The van der Waals surface area contributed by atoms with Gasteiger partial charge in [0, 0.05) is 18.5 Å². The summed E-state index contributed by atoms with van der Waals surface area (Å²) in [6.45, 7) is 8.88. The van der Waals surface area contributed by atoms with Gasteiger partial charge < -0.3 is 4.90 Å². The molecule has 10 heavy (non-hydrogen) atoms. The minimum Gasteiger partial charge on any atom is -0.366 e. The monoisotopic (exact) mass is 157 g/mol. The lowest BCUT2D eigenvalue weighted by atomic mass is 9.94. The van der Waals surface area contributed by atoms with Crippen molar-refractivity contribution in [3.8, 4) is 0 Å². The predicted molar refractivity (Wildman–Crippen MR) is 48.2 cm³/mol. The average Bonchev–Trinajstić information content (AvgIpc) is 1.57. The van der Waals surface area contributed by atoms with Crippen LogP contribution in [0.15, 0.2) is 0 Å². The van der Waals surface area contributed by atoms with Crippen molar-refractivity contribution >= 4 is 17.2 Å². The van der Waals surface area contributed by atoms with E-state index in [0.717, 1.165) is 4.99 Å². The number of thiocarbonyl (C=S) groups is 1. The molecule has 1 rings (SSSR count). The predicted octanol–water partition coefficient (Wildman–Crippen LogP) is 2.07. The van der Waals surface area contributed by atoms with Gasteiger partial charge in [-0.2, -0.15) is 0 Å².